The number of rotatable bonds is 7. The summed E-state index contributed by atoms with van der Waals surface area (Å²) in [7, 11) is 0. The Balaban J connectivity index is 1.74. The lowest BCUT2D eigenvalue weighted by molar-refractivity contribution is -0.128. The highest BCUT2D eigenvalue weighted by molar-refractivity contribution is 7.10. The van der Waals surface area contributed by atoms with Crippen LogP contribution in [0.15, 0.2) is 52.3 Å². The molecule has 0 aliphatic rings. The summed E-state index contributed by atoms with van der Waals surface area (Å²) in [4.78, 5) is 31.1. The first-order chi connectivity index (χ1) is 17.0. The second-order valence-corrected chi connectivity index (χ2v) is 10.7. The van der Waals surface area contributed by atoms with Crippen molar-refractivity contribution in [1.29, 1.82) is 0 Å². The molecule has 0 saturated heterocycles. The van der Waals surface area contributed by atoms with Crippen molar-refractivity contribution in [3.05, 3.63) is 69.6 Å². The molecule has 4 rings (SSSR count). The number of hydrogen-bond donors (Lipinski definition) is 1. The molecule has 10 heteroatoms. The maximum atomic E-state index is 13.9. The average Bonchev–Trinajstić information content (AvgIpc) is 3.53. The van der Waals surface area contributed by atoms with Gasteiger partial charge in [-0.15, -0.1) is 21.5 Å². The Labute approximate surface area is 214 Å². The normalized spacial score (nSPS) is 12.4. The van der Waals surface area contributed by atoms with Crippen LogP contribution in [-0.2, 0) is 16.1 Å². The van der Waals surface area contributed by atoms with E-state index in [0.29, 0.717) is 11.4 Å². The average molecular weight is 507 g/mol. The summed E-state index contributed by atoms with van der Waals surface area (Å²) in [6.45, 7) is 11.3. The van der Waals surface area contributed by atoms with Crippen LogP contribution < -0.4 is 10.2 Å². The smallest absolute Gasteiger partial charge is 0.251 e. The molecular weight excluding hydrogens is 476 g/mol. The van der Waals surface area contributed by atoms with E-state index in [2.05, 4.69) is 20.7 Å². The van der Waals surface area contributed by atoms with Crippen LogP contribution >= 0.6 is 11.3 Å². The summed E-state index contributed by atoms with van der Waals surface area (Å²) < 4.78 is 5.57. The summed E-state index contributed by atoms with van der Waals surface area (Å²) in [6.07, 6.45) is 0. The Morgan fingerprint density at radius 3 is 2.53 bits per heavy atom. The maximum absolute atomic E-state index is 13.9. The zero-order valence-corrected chi connectivity index (χ0v) is 22.1. The minimum atomic E-state index is -0.867. The molecule has 0 fully saturated rings. The molecule has 36 heavy (non-hydrogen) atoms. The van der Waals surface area contributed by atoms with Crippen LogP contribution in [0.2, 0.25) is 0 Å². The summed E-state index contributed by atoms with van der Waals surface area (Å²) >= 11 is 1.43. The maximum Gasteiger partial charge on any atom is 0.251 e. The van der Waals surface area contributed by atoms with E-state index in [-0.39, 0.29) is 24.2 Å². The van der Waals surface area contributed by atoms with E-state index in [0.717, 1.165) is 21.8 Å². The highest BCUT2D eigenvalue weighted by Crippen LogP contribution is 2.34. The molecule has 0 radical (unpaired) electrons. The van der Waals surface area contributed by atoms with E-state index in [1.807, 2.05) is 83.3 Å². The molecular formula is C26H30N6O3S. The predicted octanol–water partition coefficient (Wildman–Crippen LogP) is 4.61. The van der Waals surface area contributed by atoms with Crippen molar-refractivity contribution >= 4 is 28.8 Å². The van der Waals surface area contributed by atoms with Gasteiger partial charge in [-0.1, -0.05) is 23.8 Å². The third-order valence-corrected chi connectivity index (χ3v) is 6.31. The number of carbonyl (C=O) groups excluding carboxylic acids is 2. The van der Waals surface area contributed by atoms with E-state index in [1.54, 1.807) is 11.0 Å². The zero-order valence-electron chi connectivity index (χ0n) is 21.3. The Bertz CT molecular complexity index is 1370. The SMILES string of the molecule is Cc1ccc(N(C(=O)Cn2nnc(-c3ccc(C)o3)n2)C(C(=O)NC(C)(C)C)c2cccs2)c(C)c1. The second kappa shape index (κ2) is 10.1. The quantitative estimate of drug-likeness (QED) is 0.392. The van der Waals surface area contributed by atoms with Crippen molar-refractivity contribution in [3.8, 4) is 11.6 Å². The van der Waals surface area contributed by atoms with Crippen LogP contribution in [-0.4, -0.2) is 37.6 Å². The molecule has 9 nitrogen and oxygen atoms in total. The number of furan rings is 1. The fourth-order valence-electron chi connectivity index (χ4n) is 3.91. The van der Waals surface area contributed by atoms with Crippen molar-refractivity contribution in [1.82, 2.24) is 25.5 Å². The lowest BCUT2D eigenvalue weighted by Crippen LogP contribution is -2.50. The summed E-state index contributed by atoms with van der Waals surface area (Å²) in [5, 5.41) is 17.4. The molecule has 0 saturated carbocycles. The molecule has 3 aromatic heterocycles. The summed E-state index contributed by atoms with van der Waals surface area (Å²) in [5.41, 5.74) is 2.11. The van der Waals surface area contributed by atoms with Gasteiger partial charge in [0.1, 0.15) is 18.3 Å². The zero-order chi connectivity index (χ0) is 26.0. The Hall–Kier alpha value is -3.79. The molecule has 188 valence electrons. The number of aryl methyl sites for hydroxylation is 3. The molecule has 1 unspecified atom stereocenters. The van der Waals surface area contributed by atoms with E-state index >= 15 is 0 Å². The molecule has 1 atom stereocenters. The van der Waals surface area contributed by atoms with Crippen molar-refractivity contribution < 1.29 is 14.0 Å². The lowest BCUT2D eigenvalue weighted by Gasteiger charge is -2.33. The number of nitrogens with one attached hydrogen (secondary N) is 1. The van der Waals surface area contributed by atoms with Crippen molar-refractivity contribution in [2.45, 2.75) is 59.7 Å². The van der Waals surface area contributed by atoms with E-state index < -0.39 is 11.6 Å². The molecule has 0 bridgehead atoms. The van der Waals surface area contributed by atoms with Gasteiger partial charge in [-0.25, -0.2) is 0 Å². The van der Waals surface area contributed by atoms with Crippen LogP contribution in [0.3, 0.4) is 0 Å². The first-order valence-corrected chi connectivity index (χ1v) is 12.5. The Morgan fingerprint density at radius 1 is 1.14 bits per heavy atom. The van der Waals surface area contributed by atoms with Crippen LogP contribution in [0.5, 0.6) is 0 Å². The highest BCUT2D eigenvalue weighted by Gasteiger charge is 2.36. The van der Waals surface area contributed by atoms with Gasteiger partial charge in [-0.2, -0.15) is 4.80 Å². The fraction of sp³-hybridized carbons (Fsp3) is 0.346. The van der Waals surface area contributed by atoms with E-state index in [4.69, 9.17) is 4.42 Å². The molecule has 0 aliphatic heterocycles. The minimum Gasteiger partial charge on any atom is -0.458 e. The molecule has 4 aromatic rings. The first kappa shape index (κ1) is 25.3. The standard InChI is InChI=1S/C26H30N6O3S/c1-16-9-11-19(17(2)14-16)32(23(21-8-7-13-36-21)25(34)27-26(4,5)6)22(33)15-31-29-24(28-30-31)20-12-10-18(3)35-20/h7-14,23H,15H2,1-6H3,(H,27,34). The highest BCUT2D eigenvalue weighted by atomic mass is 32.1. The Morgan fingerprint density at radius 2 is 1.92 bits per heavy atom. The van der Waals surface area contributed by atoms with Gasteiger partial charge in [0, 0.05) is 16.1 Å². The largest absolute Gasteiger partial charge is 0.458 e. The van der Waals surface area contributed by atoms with Gasteiger partial charge in [-0.05, 0) is 82.0 Å². The van der Waals surface area contributed by atoms with Crippen LogP contribution in [0.25, 0.3) is 11.6 Å². The first-order valence-electron chi connectivity index (χ1n) is 11.6. The molecule has 1 aromatic carbocycles. The van der Waals surface area contributed by atoms with Crippen LogP contribution in [0, 0.1) is 20.8 Å². The number of thiophene rings is 1. The van der Waals surface area contributed by atoms with Gasteiger partial charge in [-0.3, -0.25) is 14.5 Å². The third kappa shape index (κ3) is 5.71. The van der Waals surface area contributed by atoms with Crippen molar-refractivity contribution in [3.63, 3.8) is 0 Å². The van der Waals surface area contributed by atoms with E-state index in [1.165, 1.54) is 16.1 Å². The second-order valence-electron chi connectivity index (χ2n) is 9.76. The number of nitrogens with zero attached hydrogens (tertiary/aromatic N) is 5. The van der Waals surface area contributed by atoms with Gasteiger partial charge in [0.05, 0.1) is 0 Å². The molecule has 0 spiro atoms. The monoisotopic (exact) mass is 506 g/mol. The molecule has 1 N–H and O–H groups in total. The van der Waals surface area contributed by atoms with Crippen LogP contribution in [0.1, 0.15) is 48.6 Å². The predicted molar refractivity (Wildman–Crippen MR) is 139 cm³/mol. The number of tetrazole rings is 1. The number of anilines is 1. The number of amides is 2. The van der Waals surface area contributed by atoms with Gasteiger partial charge < -0.3 is 9.73 Å². The fourth-order valence-corrected chi connectivity index (χ4v) is 4.73. The van der Waals surface area contributed by atoms with Gasteiger partial charge >= 0.3 is 0 Å². The number of benzene rings is 1. The Kier molecular flexibility index (Phi) is 7.07. The van der Waals surface area contributed by atoms with Gasteiger partial charge in [0.15, 0.2) is 5.76 Å². The van der Waals surface area contributed by atoms with E-state index in [9.17, 15) is 9.59 Å². The third-order valence-electron chi connectivity index (χ3n) is 5.39. The molecule has 2 amide bonds. The van der Waals surface area contributed by atoms with Crippen molar-refractivity contribution in [2.24, 2.45) is 0 Å². The van der Waals surface area contributed by atoms with Gasteiger partial charge in [0.25, 0.3) is 5.91 Å². The van der Waals surface area contributed by atoms with Gasteiger partial charge in [0.2, 0.25) is 11.7 Å². The lowest BCUT2D eigenvalue weighted by atomic mass is 10.0. The minimum absolute atomic E-state index is 0.204. The molecule has 3 heterocycles. The summed E-state index contributed by atoms with van der Waals surface area (Å²) in [5.74, 6) is 0.871. The van der Waals surface area contributed by atoms with Crippen LogP contribution in [0.4, 0.5) is 5.69 Å². The van der Waals surface area contributed by atoms with Crippen molar-refractivity contribution in [2.75, 3.05) is 4.90 Å². The topological polar surface area (TPSA) is 106 Å². The number of carbonyl (C=O) groups is 2. The molecule has 0 aliphatic carbocycles. The number of hydrogen-bond acceptors (Lipinski definition) is 7. The summed E-state index contributed by atoms with van der Waals surface area (Å²) in [6, 6.07) is 12.2. The number of aromatic nitrogens is 4.